The second kappa shape index (κ2) is 6.01. The Bertz CT molecular complexity index is 713. The normalized spacial score (nSPS) is 9.95. The average Bonchev–Trinajstić information content (AvgIpc) is 2.86. The second-order valence-electron chi connectivity index (χ2n) is 4.42. The predicted octanol–water partition coefficient (Wildman–Crippen LogP) is 1.79. The molecule has 0 aliphatic carbocycles. The van der Waals surface area contributed by atoms with E-state index < -0.39 is 5.97 Å². The van der Waals surface area contributed by atoms with Crippen molar-refractivity contribution < 1.29 is 14.3 Å². The van der Waals surface area contributed by atoms with Crippen molar-refractivity contribution in [2.45, 2.75) is 6.54 Å². The number of nitriles is 1. The first kappa shape index (κ1) is 14.5. The molecule has 6 nitrogen and oxygen atoms in total. The van der Waals surface area contributed by atoms with Gasteiger partial charge in [-0.15, -0.1) is 0 Å². The van der Waals surface area contributed by atoms with Crippen molar-refractivity contribution in [3.05, 3.63) is 47.3 Å². The van der Waals surface area contributed by atoms with Crippen LogP contribution in [-0.2, 0) is 11.3 Å². The number of nitrogen functional groups attached to an aromatic ring is 1. The lowest BCUT2D eigenvalue weighted by molar-refractivity contribution is 0.0589. The van der Waals surface area contributed by atoms with Gasteiger partial charge in [0.1, 0.15) is 17.5 Å². The molecule has 0 saturated carbocycles. The Morgan fingerprint density at radius 2 is 2.14 bits per heavy atom. The van der Waals surface area contributed by atoms with E-state index in [0.29, 0.717) is 29.2 Å². The number of rotatable bonds is 4. The molecule has 0 bridgehead atoms. The minimum atomic E-state index is -0.458. The molecule has 2 aromatic rings. The number of nitrogens with two attached hydrogens (primary N) is 1. The van der Waals surface area contributed by atoms with E-state index >= 15 is 0 Å². The molecule has 2 rings (SSSR count). The number of hydrogen-bond acceptors (Lipinski definition) is 5. The highest BCUT2D eigenvalue weighted by atomic mass is 16.5. The molecular formula is C15H15N3O3. The fourth-order valence-electron chi connectivity index (χ4n) is 2.08. The molecule has 0 spiro atoms. The first-order chi connectivity index (χ1) is 10.1. The first-order valence-corrected chi connectivity index (χ1v) is 6.20. The maximum Gasteiger partial charge on any atom is 0.354 e. The number of methoxy groups -OCH3 is 2. The minimum absolute atomic E-state index is 0.365. The molecule has 0 atom stereocenters. The summed E-state index contributed by atoms with van der Waals surface area (Å²) in [5.41, 5.74) is 7.86. The van der Waals surface area contributed by atoms with Crippen LogP contribution in [0, 0.1) is 11.3 Å². The number of aromatic nitrogens is 1. The summed E-state index contributed by atoms with van der Waals surface area (Å²) in [7, 11) is 2.83. The zero-order chi connectivity index (χ0) is 15.4. The minimum Gasteiger partial charge on any atom is -0.495 e. The van der Waals surface area contributed by atoms with E-state index in [9.17, 15) is 4.79 Å². The molecule has 108 valence electrons. The molecule has 0 saturated heterocycles. The van der Waals surface area contributed by atoms with E-state index in [0.717, 1.165) is 5.56 Å². The van der Waals surface area contributed by atoms with E-state index in [1.54, 1.807) is 29.0 Å². The summed E-state index contributed by atoms with van der Waals surface area (Å²) in [4.78, 5) is 11.7. The summed E-state index contributed by atoms with van der Waals surface area (Å²) >= 11 is 0. The summed E-state index contributed by atoms with van der Waals surface area (Å²) in [6.45, 7) is 0.403. The van der Waals surface area contributed by atoms with Gasteiger partial charge in [0.25, 0.3) is 0 Å². The van der Waals surface area contributed by atoms with Crippen LogP contribution in [-0.4, -0.2) is 24.8 Å². The highest BCUT2D eigenvalue weighted by Gasteiger charge is 2.14. The SMILES string of the molecule is COC(=O)c1cc(N)cn1Cc1ccc(OC)c(C#N)c1. The Kier molecular flexibility index (Phi) is 4.14. The van der Waals surface area contributed by atoms with Crippen molar-refractivity contribution in [2.75, 3.05) is 20.0 Å². The van der Waals surface area contributed by atoms with Gasteiger partial charge >= 0.3 is 5.97 Å². The third-order valence-electron chi connectivity index (χ3n) is 3.05. The van der Waals surface area contributed by atoms with Gasteiger partial charge in [-0.05, 0) is 23.8 Å². The monoisotopic (exact) mass is 285 g/mol. The maximum absolute atomic E-state index is 11.7. The highest BCUT2D eigenvalue weighted by Crippen LogP contribution is 2.21. The van der Waals surface area contributed by atoms with Crippen molar-refractivity contribution in [3.63, 3.8) is 0 Å². The van der Waals surface area contributed by atoms with Crippen LogP contribution in [0.25, 0.3) is 0 Å². The highest BCUT2D eigenvalue weighted by molar-refractivity contribution is 5.89. The fourth-order valence-corrected chi connectivity index (χ4v) is 2.08. The summed E-state index contributed by atoms with van der Waals surface area (Å²) < 4.78 is 11.5. The summed E-state index contributed by atoms with van der Waals surface area (Å²) in [5.74, 6) is 0.0576. The average molecular weight is 285 g/mol. The van der Waals surface area contributed by atoms with Gasteiger partial charge in [0.15, 0.2) is 0 Å². The number of carbonyl (C=O) groups is 1. The topological polar surface area (TPSA) is 90.3 Å². The Morgan fingerprint density at radius 1 is 1.38 bits per heavy atom. The number of nitrogens with zero attached hydrogens (tertiary/aromatic N) is 2. The van der Waals surface area contributed by atoms with Crippen molar-refractivity contribution >= 4 is 11.7 Å². The van der Waals surface area contributed by atoms with E-state index in [-0.39, 0.29) is 0 Å². The Hall–Kier alpha value is -2.94. The molecule has 0 fully saturated rings. The van der Waals surface area contributed by atoms with Gasteiger partial charge < -0.3 is 19.8 Å². The molecule has 1 heterocycles. The molecule has 6 heteroatoms. The molecule has 0 aliphatic heterocycles. The van der Waals surface area contributed by atoms with Crippen molar-refractivity contribution in [3.8, 4) is 11.8 Å². The van der Waals surface area contributed by atoms with Crippen LogP contribution in [0.15, 0.2) is 30.5 Å². The lowest BCUT2D eigenvalue weighted by atomic mass is 10.1. The van der Waals surface area contributed by atoms with Crippen molar-refractivity contribution in [1.82, 2.24) is 4.57 Å². The van der Waals surface area contributed by atoms with Crippen molar-refractivity contribution in [2.24, 2.45) is 0 Å². The van der Waals surface area contributed by atoms with Gasteiger partial charge in [0.2, 0.25) is 0 Å². The standard InChI is InChI=1S/C15H15N3O3/c1-20-14-4-3-10(5-11(14)7-16)8-18-9-12(17)6-13(18)15(19)21-2/h3-6,9H,8,17H2,1-2H3. The molecule has 0 aliphatic rings. The molecule has 1 aromatic carbocycles. The number of ether oxygens (including phenoxy) is 2. The lowest BCUT2D eigenvalue weighted by Gasteiger charge is -2.09. The van der Waals surface area contributed by atoms with Crippen LogP contribution in [0.1, 0.15) is 21.6 Å². The van der Waals surface area contributed by atoms with Gasteiger partial charge in [0.05, 0.1) is 25.5 Å². The third-order valence-corrected chi connectivity index (χ3v) is 3.05. The second-order valence-corrected chi connectivity index (χ2v) is 4.42. The molecule has 0 radical (unpaired) electrons. The lowest BCUT2D eigenvalue weighted by Crippen LogP contribution is -2.10. The summed E-state index contributed by atoms with van der Waals surface area (Å²) in [6.07, 6.45) is 1.66. The first-order valence-electron chi connectivity index (χ1n) is 6.20. The smallest absolute Gasteiger partial charge is 0.354 e. The van der Waals surface area contributed by atoms with Gasteiger partial charge in [-0.2, -0.15) is 5.26 Å². The van der Waals surface area contributed by atoms with Gasteiger partial charge in [-0.25, -0.2) is 4.79 Å². The summed E-state index contributed by atoms with van der Waals surface area (Å²) in [5, 5.41) is 9.09. The third kappa shape index (κ3) is 2.98. The Morgan fingerprint density at radius 3 is 2.76 bits per heavy atom. The maximum atomic E-state index is 11.7. The van der Waals surface area contributed by atoms with Gasteiger partial charge in [0, 0.05) is 12.7 Å². The number of hydrogen-bond donors (Lipinski definition) is 1. The molecular weight excluding hydrogens is 270 g/mol. The fraction of sp³-hybridized carbons (Fsp3) is 0.200. The molecule has 0 unspecified atom stereocenters. The number of anilines is 1. The van der Waals surface area contributed by atoms with Crippen molar-refractivity contribution in [1.29, 1.82) is 5.26 Å². The quantitative estimate of drug-likeness (QED) is 0.865. The van der Waals surface area contributed by atoms with Crippen LogP contribution >= 0.6 is 0 Å². The number of benzene rings is 1. The van der Waals surface area contributed by atoms with Crippen LogP contribution in [0.4, 0.5) is 5.69 Å². The van der Waals surface area contributed by atoms with Crippen LogP contribution in [0.2, 0.25) is 0 Å². The largest absolute Gasteiger partial charge is 0.495 e. The van der Waals surface area contributed by atoms with Gasteiger partial charge in [-0.3, -0.25) is 0 Å². The zero-order valence-electron chi connectivity index (χ0n) is 11.8. The zero-order valence-corrected chi connectivity index (χ0v) is 11.8. The van der Waals surface area contributed by atoms with E-state index in [1.165, 1.54) is 14.2 Å². The Labute approximate surface area is 122 Å². The van der Waals surface area contributed by atoms with E-state index in [1.807, 2.05) is 6.07 Å². The molecule has 1 aromatic heterocycles. The number of carbonyl (C=O) groups excluding carboxylic acids is 1. The Balaban J connectivity index is 2.35. The van der Waals surface area contributed by atoms with Crippen LogP contribution < -0.4 is 10.5 Å². The number of esters is 1. The molecule has 0 amide bonds. The predicted molar refractivity (Wildman–Crippen MR) is 77.0 cm³/mol. The molecule has 2 N–H and O–H groups in total. The van der Waals surface area contributed by atoms with Crippen LogP contribution in [0.5, 0.6) is 5.75 Å². The van der Waals surface area contributed by atoms with E-state index in [2.05, 4.69) is 6.07 Å². The van der Waals surface area contributed by atoms with E-state index in [4.69, 9.17) is 20.5 Å². The molecule has 21 heavy (non-hydrogen) atoms. The van der Waals surface area contributed by atoms with Gasteiger partial charge in [-0.1, -0.05) is 6.07 Å². The van der Waals surface area contributed by atoms with Crippen LogP contribution in [0.3, 0.4) is 0 Å². The summed E-state index contributed by atoms with van der Waals surface area (Å²) in [6, 6.07) is 8.90.